The predicted molar refractivity (Wildman–Crippen MR) is 78.3 cm³/mol. The molecule has 5 heteroatoms. The van der Waals surface area contributed by atoms with E-state index in [0.717, 1.165) is 24.2 Å². The number of hydrogen-bond acceptors (Lipinski definition) is 3. The van der Waals surface area contributed by atoms with Crippen LogP contribution in [-0.2, 0) is 6.42 Å². The summed E-state index contributed by atoms with van der Waals surface area (Å²) in [5, 5.41) is 5.65. The molecule has 2 aromatic rings. The Bertz CT molecular complexity index is 516. The summed E-state index contributed by atoms with van der Waals surface area (Å²) >= 11 is 7.57. The second-order valence-corrected chi connectivity index (χ2v) is 5.43. The first kappa shape index (κ1) is 14.4. The Hall–Kier alpha value is -0.970. The van der Waals surface area contributed by atoms with Gasteiger partial charge in [0, 0.05) is 5.38 Å². The van der Waals surface area contributed by atoms with Crippen molar-refractivity contribution in [2.24, 2.45) is 0 Å². The highest BCUT2D eigenvalue weighted by Gasteiger charge is 2.16. The smallest absolute Gasteiger partial charge is 0.142 e. The van der Waals surface area contributed by atoms with Gasteiger partial charge in [-0.3, -0.25) is 0 Å². The van der Waals surface area contributed by atoms with Crippen LogP contribution in [0.15, 0.2) is 29.1 Å². The van der Waals surface area contributed by atoms with Crippen molar-refractivity contribution in [3.05, 3.63) is 51.2 Å². The van der Waals surface area contributed by atoms with Gasteiger partial charge in [-0.05, 0) is 31.0 Å². The van der Waals surface area contributed by atoms with Crippen LogP contribution in [0.4, 0.5) is 4.39 Å². The van der Waals surface area contributed by atoms with Crippen molar-refractivity contribution in [3.8, 4) is 0 Å². The Balaban J connectivity index is 2.18. The minimum absolute atomic E-state index is 0.0745. The fourth-order valence-electron chi connectivity index (χ4n) is 1.92. The molecule has 1 atom stereocenters. The van der Waals surface area contributed by atoms with E-state index in [1.807, 2.05) is 17.0 Å². The molecule has 2 nitrogen and oxygen atoms in total. The fraction of sp³-hybridized carbons (Fsp3) is 0.357. The van der Waals surface area contributed by atoms with Crippen molar-refractivity contribution in [1.29, 1.82) is 0 Å². The standard InChI is InChI=1S/C14H16ClFN2S/c1-2-6-17-12(13-8-19-9-18-13)7-10-4-3-5-11(16)14(10)15/h3-5,8-9,12,17H,2,6-7H2,1H3. The maximum Gasteiger partial charge on any atom is 0.142 e. The first-order chi connectivity index (χ1) is 9.22. The largest absolute Gasteiger partial charge is 0.308 e. The molecule has 0 saturated carbocycles. The van der Waals surface area contributed by atoms with Gasteiger partial charge in [-0.15, -0.1) is 11.3 Å². The van der Waals surface area contributed by atoms with E-state index in [9.17, 15) is 4.39 Å². The van der Waals surface area contributed by atoms with Crippen LogP contribution in [0.3, 0.4) is 0 Å². The van der Waals surface area contributed by atoms with Gasteiger partial charge >= 0.3 is 0 Å². The van der Waals surface area contributed by atoms with E-state index in [1.165, 1.54) is 6.07 Å². The highest BCUT2D eigenvalue weighted by molar-refractivity contribution is 7.07. The number of nitrogens with zero attached hydrogens (tertiary/aromatic N) is 1. The monoisotopic (exact) mass is 298 g/mol. The number of aromatic nitrogens is 1. The van der Waals surface area contributed by atoms with Crippen molar-refractivity contribution < 1.29 is 4.39 Å². The van der Waals surface area contributed by atoms with Crippen molar-refractivity contribution in [1.82, 2.24) is 10.3 Å². The van der Waals surface area contributed by atoms with Crippen molar-refractivity contribution in [2.45, 2.75) is 25.8 Å². The topological polar surface area (TPSA) is 24.9 Å². The van der Waals surface area contributed by atoms with Crippen LogP contribution in [-0.4, -0.2) is 11.5 Å². The second-order valence-electron chi connectivity index (χ2n) is 4.34. The molecule has 102 valence electrons. The third-order valence-electron chi connectivity index (χ3n) is 2.90. The molecule has 1 aromatic carbocycles. The molecule has 0 aliphatic heterocycles. The van der Waals surface area contributed by atoms with Gasteiger partial charge in [0.15, 0.2) is 0 Å². The van der Waals surface area contributed by atoms with Gasteiger partial charge in [0.05, 0.1) is 22.3 Å². The molecule has 0 saturated heterocycles. The van der Waals surface area contributed by atoms with E-state index in [1.54, 1.807) is 17.4 Å². The van der Waals surface area contributed by atoms with Gasteiger partial charge in [-0.2, -0.15) is 0 Å². The molecule has 0 radical (unpaired) electrons. The number of rotatable bonds is 6. The Morgan fingerprint density at radius 3 is 3.00 bits per heavy atom. The van der Waals surface area contributed by atoms with Gasteiger partial charge in [-0.1, -0.05) is 30.7 Å². The van der Waals surface area contributed by atoms with Crippen LogP contribution in [0.5, 0.6) is 0 Å². The molecule has 2 rings (SSSR count). The average molecular weight is 299 g/mol. The minimum atomic E-state index is -0.369. The summed E-state index contributed by atoms with van der Waals surface area (Å²) in [6.07, 6.45) is 1.68. The van der Waals surface area contributed by atoms with E-state index in [4.69, 9.17) is 11.6 Å². The van der Waals surface area contributed by atoms with Crippen LogP contribution >= 0.6 is 22.9 Å². The predicted octanol–water partition coefficient (Wildman–Crippen LogP) is 4.22. The van der Waals surface area contributed by atoms with Crippen molar-refractivity contribution >= 4 is 22.9 Å². The minimum Gasteiger partial charge on any atom is -0.308 e. The first-order valence-corrected chi connectivity index (χ1v) is 7.58. The van der Waals surface area contributed by atoms with Gasteiger partial charge in [0.25, 0.3) is 0 Å². The van der Waals surface area contributed by atoms with Crippen LogP contribution in [0, 0.1) is 5.82 Å². The van der Waals surface area contributed by atoms with E-state index in [-0.39, 0.29) is 16.9 Å². The number of nitrogens with one attached hydrogen (secondary N) is 1. The molecule has 0 fully saturated rings. The average Bonchev–Trinajstić information content (AvgIpc) is 2.93. The lowest BCUT2D eigenvalue weighted by Gasteiger charge is -2.17. The number of halogens is 2. The molecular weight excluding hydrogens is 283 g/mol. The number of benzene rings is 1. The molecule has 1 aromatic heterocycles. The van der Waals surface area contributed by atoms with Gasteiger partial charge in [0.2, 0.25) is 0 Å². The van der Waals surface area contributed by atoms with Crippen molar-refractivity contribution in [3.63, 3.8) is 0 Å². The second kappa shape index (κ2) is 6.98. The summed E-state index contributed by atoms with van der Waals surface area (Å²) in [5.41, 5.74) is 3.60. The van der Waals surface area contributed by atoms with Crippen molar-refractivity contribution in [2.75, 3.05) is 6.54 Å². The lowest BCUT2D eigenvalue weighted by molar-refractivity contribution is 0.518. The molecule has 0 aliphatic carbocycles. The SMILES string of the molecule is CCCNC(Cc1cccc(F)c1Cl)c1cscn1. The number of hydrogen-bond donors (Lipinski definition) is 1. The van der Waals surface area contributed by atoms with Gasteiger partial charge < -0.3 is 5.32 Å². The first-order valence-electron chi connectivity index (χ1n) is 6.26. The highest BCUT2D eigenvalue weighted by atomic mass is 35.5. The zero-order valence-corrected chi connectivity index (χ0v) is 12.3. The van der Waals surface area contributed by atoms with E-state index >= 15 is 0 Å². The Kier molecular flexibility index (Phi) is 5.31. The van der Waals surface area contributed by atoms with Crippen LogP contribution in [0.2, 0.25) is 5.02 Å². The van der Waals surface area contributed by atoms with Gasteiger partial charge in [-0.25, -0.2) is 9.37 Å². The van der Waals surface area contributed by atoms with Crippen LogP contribution in [0.25, 0.3) is 0 Å². The molecule has 1 heterocycles. The maximum atomic E-state index is 13.5. The molecule has 0 spiro atoms. The molecule has 0 amide bonds. The zero-order chi connectivity index (χ0) is 13.7. The lowest BCUT2D eigenvalue weighted by Crippen LogP contribution is -2.24. The normalized spacial score (nSPS) is 12.6. The Morgan fingerprint density at radius 1 is 1.47 bits per heavy atom. The summed E-state index contributed by atoms with van der Waals surface area (Å²) in [6, 6.07) is 5.00. The molecule has 1 N–H and O–H groups in total. The third-order valence-corrected chi connectivity index (χ3v) is 3.93. The summed E-state index contributed by atoms with van der Waals surface area (Å²) in [4.78, 5) is 4.34. The van der Waals surface area contributed by atoms with Gasteiger partial charge in [0.1, 0.15) is 5.82 Å². The maximum absolute atomic E-state index is 13.5. The van der Waals surface area contributed by atoms with E-state index < -0.39 is 0 Å². The zero-order valence-electron chi connectivity index (χ0n) is 10.7. The Morgan fingerprint density at radius 2 is 2.32 bits per heavy atom. The quantitative estimate of drug-likeness (QED) is 0.864. The lowest BCUT2D eigenvalue weighted by atomic mass is 10.0. The summed E-state index contributed by atoms with van der Waals surface area (Å²) in [6.45, 7) is 3.01. The van der Waals surface area contributed by atoms with E-state index in [2.05, 4.69) is 17.2 Å². The Labute approximate surface area is 121 Å². The molecule has 0 aliphatic rings. The van der Waals surface area contributed by atoms with Crippen LogP contribution < -0.4 is 5.32 Å². The summed E-state index contributed by atoms with van der Waals surface area (Å²) < 4.78 is 13.5. The molecule has 19 heavy (non-hydrogen) atoms. The molecule has 1 unspecified atom stereocenters. The fourth-order valence-corrected chi connectivity index (χ4v) is 2.73. The molecule has 0 bridgehead atoms. The number of thiazole rings is 1. The van der Waals surface area contributed by atoms with E-state index in [0.29, 0.717) is 6.42 Å². The highest BCUT2D eigenvalue weighted by Crippen LogP contribution is 2.25. The van der Waals surface area contributed by atoms with Crippen LogP contribution in [0.1, 0.15) is 30.6 Å². The molecular formula is C14H16ClFN2S. The summed E-state index contributed by atoms with van der Waals surface area (Å²) in [5.74, 6) is -0.369. The third kappa shape index (κ3) is 3.75. The summed E-state index contributed by atoms with van der Waals surface area (Å²) in [7, 11) is 0.